The minimum Gasteiger partial charge on any atom is -0.462 e. The van der Waals surface area contributed by atoms with Crippen LogP contribution in [0.3, 0.4) is 0 Å². The van der Waals surface area contributed by atoms with Crippen LogP contribution in [-0.4, -0.2) is 39.5 Å². The van der Waals surface area contributed by atoms with Crippen LogP contribution in [0.15, 0.2) is 53.4 Å². The van der Waals surface area contributed by atoms with Crippen LogP contribution in [-0.2, 0) is 19.5 Å². The molecule has 0 aliphatic rings. The normalized spacial score (nSPS) is 11.0. The van der Waals surface area contributed by atoms with Gasteiger partial charge in [0.15, 0.2) is 0 Å². The van der Waals surface area contributed by atoms with Gasteiger partial charge in [-0.05, 0) is 69.7 Å². The first kappa shape index (κ1) is 26.9. The van der Waals surface area contributed by atoms with Crippen molar-refractivity contribution < 1.29 is 32.3 Å². The van der Waals surface area contributed by atoms with Crippen LogP contribution >= 0.6 is 11.3 Å². The maximum atomic E-state index is 12.9. The second-order valence-corrected chi connectivity index (χ2v) is 10.4. The molecule has 0 bridgehead atoms. The maximum absolute atomic E-state index is 12.9. The number of amides is 1. The van der Waals surface area contributed by atoms with Gasteiger partial charge in [0.1, 0.15) is 9.88 Å². The first-order valence-electron chi connectivity index (χ1n) is 11.1. The van der Waals surface area contributed by atoms with E-state index in [0.29, 0.717) is 5.56 Å². The molecule has 1 heterocycles. The highest BCUT2D eigenvalue weighted by Crippen LogP contribution is 2.34. The minimum atomic E-state index is -3.79. The molecular formula is C25H26N2O7S2. The third-order valence-electron chi connectivity index (χ3n) is 5.04. The largest absolute Gasteiger partial charge is 0.462 e. The predicted molar refractivity (Wildman–Crippen MR) is 137 cm³/mol. The Hall–Kier alpha value is -3.70. The molecule has 190 valence electrons. The van der Waals surface area contributed by atoms with Crippen LogP contribution in [0.5, 0.6) is 0 Å². The Morgan fingerprint density at radius 1 is 0.861 bits per heavy atom. The molecule has 0 atom stereocenters. The van der Waals surface area contributed by atoms with Crippen molar-refractivity contribution in [2.24, 2.45) is 0 Å². The van der Waals surface area contributed by atoms with Gasteiger partial charge in [0.25, 0.3) is 15.9 Å². The molecule has 1 aromatic heterocycles. The SMILES string of the molecule is CCOC(=O)c1sc(NC(=O)c2ccc(NS(=O)(=O)c3ccc(C)cc3)cc2)c(C(=O)OCC)c1C. The van der Waals surface area contributed by atoms with E-state index in [1.54, 1.807) is 32.9 Å². The predicted octanol–water partition coefficient (Wildman–Crippen LogP) is 4.77. The van der Waals surface area contributed by atoms with Crippen molar-refractivity contribution in [3.05, 3.63) is 75.7 Å². The summed E-state index contributed by atoms with van der Waals surface area (Å²) in [5, 5.41) is 2.81. The van der Waals surface area contributed by atoms with E-state index < -0.39 is 27.9 Å². The quantitative estimate of drug-likeness (QED) is 0.381. The van der Waals surface area contributed by atoms with Gasteiger partial charge in [0, 0.05) is 11.3 Å². The zero-order valence-corrected chi connectivity index (χ0v) is 21.8. The Labute approximate surface area is 213 Å². The van der Waals surface area contributed by atoms with Gasteiger partial charge in [-0.1, -0.05) is 17.7 Å². The van der Waals surface area contributed by atoms with Gasteiger partial charge in [0.2, 0.25) is 0 Å². The highest BCUT2D eigenvalue weighted by molar-refractivity contribution is 7.92. The molecule has 0 unspecified atom stereocenters. The molecule has 0 radical (unpaired) electrons. The Morgan fingerprint density at radius 3 is 2.03 bits per heavy atom. The summed E-state index contributed by atoms with van der Waals surface area (Å²) >= 11 is 0.922. The van der Waals surface area contributed by atoms with Crippen molar-refractivity contribution in [3.8, 4) is 0 Å². The molecule has 0 fully saturated rings. The number of carbonyl (C=O) groups excluding carboxylic acids is 3. The Bertz CT molecular complexity index is 1380. The van der Waals surface area contributed by atoms with Crippen molar-refractivity contribution in [2.75, 3.05) is 23.3 Å². The summed E-state index contributed by atoms with van der Waals surface area (Å²) in [5.74, 6) is -1.82. The number of aryl methyl sites for hydroxylation is 1. The average Bonchev–Trinajstić information content (AvgIpc) is 3.15. The second-order valence-electron chi connectivity index (χ2n) is 7.65. The zero-order valence-electron chi connectivity index (χ0n) is 20.2. The van der Waals surface area contributed by atoms with Gasteiger partial charge in [-0.2, -0.15) is 0 Å². The molecule has 36 heavy (non-hydrogen) atoms. The van der Waals surface area contributed by atoms with E-state index in [1.165, 1.54) is 36.4 Å². The van der Waals surface area contributed by atoms with E-state index in [2.05, 4.69) is 10.0 Å². The number of carbonyl (C=O) groups is 3. The number of anilines is 2. The average molecular weight is 531 g/mol. The van der Waals surface area contributed by atoms with E-state index in [-0.39, 0.29) is 44.8 Å². The van der Waals surface area contributed by atoms with Crippen molar-refractivity contribution in [3.63, 3.8) is 0 Å². The Morgan fingerprint density at radius 2 is 1.44 bits per heavy atom. The zero-order chi connectivity index (χ0) is 26.5. The van der Waals surface area contributed by atoms with Gasteiger partial charge >= 0.3 is 11.9 Å². The fourth-order valence-electron chi connectivity index (χ4n) is 3.24. The standard InChI is InChI=1S/C25H26N2O7S2/c1-5-33-24(29)20-16(4)21(25(30)34-6-2)35-23(20)26-22(28)17-9-11-18(12-10-17)27-36(31,32)19-13-7-15(3)8-14-19/h7-14,27H,5-6H2,1-4H3,(H,26,28). The Balaban J connectivity index is 1.81. The number of sulfonamides is 1. The highest BCUT2D eigenvalue weighted by Gasteiger charge is 2.27. The van der Waals surface area contributed by atoms with Gasteiger partial charge in [-0.15, -0.1) is 11.3 Å². The lowest BCUT2D eigenvalue weighted by molar-refractivity contribution is 0.0527. The van der Waals surface area contributed by atoms with Crippen molar-refractivity contribution >= 4 is 49.9 Å². The summed E-state index contributed by atoms with van der Waals surface area (Å²) in [4.78, 5) is 38.0. The summed E-state index contributed by atoms with van der Waals surface area (Å²) in [6.07, 6.45) is 0. The maximum Gasteiger partial charge on any atom is 0.348 e. The smallest absolute Gasteiger partial charge is 0.348 e. The van der Waals surface area contributed by atoms with Crippen LogP contribution in [0, 0.1) is 13.8 Å². The highest BCUT2D eigenvalue weighted by atomic mass is 32.2. The van der Waals surface area contributed by atoms with Gasteiger partial charge in [0.05, 0.1) is 23.7 Å². The lowest BCUT2D eigenvalue weighted by Crippen LogP contribution is -2.15. The summed E-state index contributed by atoms with van der Waals surface area (Å²) in [6.45, 7) is 7.04. The van der Waals surface area contributed by atoms with Gasteiger partial charge < -0.3 is 14.8 Å². The first-order valence-corrected chi connectivity index (χ1v) is 13.4. The number of hydrogen-bond donors (Lipinski definition) is 2. The fourth-order valence-corrected chi connectivity index (χ4v) is 5.38. The molecule has 2 N–H and O–H groups in total. The van der Waals surface area contributed by atoms with Gasteiger partial charge in [-0.3, -0.25) is 9.52 Å². The molecule has 1 amide bonds. The molecule has 3 rings (SSSR count). The molecule has 3 aromatic rings. The third kappa shape index (κ3) is 6.10. The first-order chi connectivity index (χ1) is 17.1. The summed E-state index contributed by atoms with van der Waals surface area (Å²) in [7, 11) is -3.79. The fraction of sp³-hybridized carbons (Fsp3) is 0.240. The van der Waals surface area contributed by atoms with Crippen LogP contribution in [0.25, 0.3) is 0 Å². The Kier molecular flexibility index (Phi) is 8.49. The molecule has 0 saturated heterocycles. The van der Waals surface area contributed by atoms with Crippen LogP contribution < -0.4 is 10.0 Å². The molecule has 11 heteroatoms. The van der Waals surface area contributed by atoms with Gasteiger partial charge in [-0.25, -0.2) is 18.0 Å². The summed E-state index contributed by atoms with van der Waals surface area (Å²) in [6, 6.07) is 12.2. The minimum absolute atomic E-state index is 0.0840. The summed E-state index contributed by atoms with van der Waals surface area (Å²) < 4.78 is 37.8. The number of esters is 2. The third-order valence-corrected chi connectivity index (χ3v) is 7.63. The molecule has 0 aliphatic heterocycles. The topological polar surface area (TPSA) is 128 Å². The van der Waals surface area contributed by atoms with E-state index >= 15 is 0 Å². The summed E-state index contributed by atoms with van der Waals surface area (Å²) in [5.41, 5.74) is 1.86. The van der Waals surface area contributed by atoms with E-state index in [4.69, 9.17) is 9.47 Å². The number of benzene rings is 2. The van der Waals surface area contributed by atoms with Crippen molar-refractivity contribution in [1.29, 1.82) is 0 Å². The number of ether oxygens (including phenoxy) is 2. The van der Waals surface area contributed by atoms with Crippen molar-refractivity contribution in [2.45, 2.75) is 32.6 Å². The molecule has 0 spiro atoms. The number of thiophene rings is 1. The molecule has 2 aromatic carbocycles. The van der Waals surface area contributed by atoms with Crippen LogP contribution in [0.1, 0.15) is 55.4 Å². The van der Waals surface area contributed by atoms with E-state index in [9.17, 15) is 22.8 Å². The molecule has 0 aliphatic carbocycles. The van der Waals surface area contributed by atoms with Crippen LogP contribution in [0.4, 0.5) is 10.7 Å². The molecule has 0 saturated carbocycles. The number of nitrogens with one attached hydrogen (secondary N) is 2. The molecule has 9 nitrogen and oxygen atoms in total. The lowest BCUT2D eigenvalue weighted by atomic mass is 10.1. The van der Waals surface area contributed by atoms with E-state index in [0.717, 1.165) is 16.9 Å². The molecular weight excluding hydrogens is 504 g/mol. The second kappa shape index (κ2) is 11.4. The number of rotatable bonds is 9. The monoisotopic (exact) mass is 530 g/mol. The van der Waals surface area contributed by atoms with Crippen LogP contribution in [0.2, 0.25) is 0 Å². The van der Waals surface area contributed by atoms with E-state index in [1.807, 2.05) is 6.92 Å². The lowest BCUT2D eigenvalue weighted by Gasteiger charge is -2.10. The van der Waals surface area contributed by atoms with Crippen molar-refractivity contribution in [1.82, 2.24) is 0 Å². The number of hydrogen-bond acceptors (Lipinski definition) is 8.